The number of hydrogen-bond acceptors (Lipinski definition) is 5. The number of carbonyl (C=O) groups excluding carboxylic acids is 1. The van der Waals surface area contributed by atoms with Crippen molar-refractivity contribution in [1.82, 2.24) is 9.21 Å². The molecular formula is C20H25N3O4S. The van der Waals surface area contributed by atoms with E-state index in [9.17, 15) is 13.2 Å². The summed E-state index contributed by atoms with van der Waals surface area (Å²) in [6, 6.07) is 15.3. The Morgan fingerprint density at radius 1 is 1.00 bits per heavy atom. The first-order valence-electron chi connectivity index (χ1n) is 9.16. The van der Waals surface area contributed by atoms with Crippen LogP contribution in [-0.4, -0.2) is 62.9 Å². The van der Waals surface area contributed by atoms with Gasteiger partial charge in [0.25, 0.3) is 0 Å². The maximum absolute atomic E-state index is 12.7. The Morgan fingerprint density at radius 2 is 1.61 bits per heavy atom. The predicted molar refractivity (Wildman–Crippen MR) is 108 cm³/mol. The summed E-state index contributed by atoms with van der Waals surface area (Å²) in [5, 5.41) is 2.89. The number of rotatable bonds is 6. The lowest BCUT2D eigenvalue weighted by atomic mass is 10.2. The van der Waals surface area contributed by atoms with Crippen LogP contribution in [0.15, 0.2) is 59.5 Å². The summed E-state index contributed by atoms with van der Waals surface area (Å²) in [4.78, 5) is 14.9. The SMILES string of the molecule is COc1ccccc1NC(=O)C(C)N1CCN(S(=O)(=O)c2ccccc2)CC1. The molecule has 0 saturated carbocycles. The van der Waals surface area contributed by atoms with Gasteiger partial charge in [0.05, 0.1) is 23.7 Å². The Bertz CT molecular complexity index is 910. The number of methoxy groups -OCH3 is 1. The maximum atomic E-state index is 12.7. The maximum Gasteiger partial charge on any atom is 0.243 e. The lowest BCUT2D eigenvalue weighted by Gasteiger charge is -2.36. The molecule has 8 heteroatoms. The zero-order valence-electron chi connectivity index (χ0n) is 16.0. The summed E-state index contributed by atoms with van der Waals surface area (Å²) in [6.07, 6.45) is 0. The van der Waals surface area contributed by atoms with Crippen molar-refractivity contribution in [3.8, 4) is 5.75 Å². The third-order valence-corrected chi connectivity index (χ3v) is 6.86. The molecule has 2 aromatic rings. The standard InChI is InChI=1S/C20H25N3O4S/c1-16(20(24)21-18-10-6-7-11-19(18)27-2)22-12-14-23(15-13-22)28(25,26)17-8-4-3-5-9-17/h3-11,16H,12-15H2,1-2H3,(H,21,24). The van der Waals surface area contributed by atoms with E-state index in [-0.39, 0.29) is 11.9 Å². The number of sulfonamides is 1. The fourth-order valence-corrected chi connectivity index (χ4v) is 4.67. The number of nitrogens with one attached hydrogen (secondary N) is 1. The van der Waals surface area contributed by atoms with Crippen molar-refractivity contribution in [2.45, 2.75) is 17.9 Å². The second-order valence-corrected chi connectivity index (χ2v) is 8.56. The lowest BCUT2D eigenvalue weighted by Crippen LogP contribution is -2.53. The Labute approximate surface area is 166 Å². The van der Waals surface area contributed by atoms with Gasteiger partial charge in [-0.15, -0.1) is 0 Å². The molecule has 0 bridgehead atoms. The van der Waals surface area contributed by atoms with Crippen molar-refractivity contribution in [2.75, 3.05) is 38.6 Å². The van der Waals surface area contributed by atoms with Gasteiger partial charge < -0.3 is 10.1 Å². The van der Waals surface area contributed by atoms with Crippen molar-refractivity contribution >= 4 is 21.6 Å². The van der Waals surface area contributed by atoms with Gasteiger partial charge in [0.15, 0.2) is 0 Å². The summed E-state index contributed by atoms with van der Waals surface area (Å²) in [7, 11) is -1.94. The number of para-hydroxylation sites is 2. The van der Waals surface area contributed by atoms with E-state index in [1.54, 1.807) is 49.6 Å². The van der Waals surface area contributed by atoms with E-state index in [1.165, 1.54) is 4.31 Å². The zero-order chi connectivity index (χ0) is 20.1. The molecule has 1 N–H and O–H groups in total. The van der Waals surface area contributed by atoms with Gasteiger partial charge in [-0.2, -0.15) is 4.31 Å². The normalized spacial score (nSPS) is 17.1. The molecule has 1 fully saturated rings. The van der Waals surface area contributed by atoms with Crippen LogP contribution in [0, 0.1) is 0 Å². The molecule has 28 heavy (non-hydrogen) atoms. The monoisotopic (exact) mass is 403 g/mol. The van der Waals surface area contributed by atoms with Gasteiger partial charge in [0.2, 0.25) is 15.9 Å². The molecule has 1 unspecified atom stereocenters. The van der Waals surface area contributed by atoms with Crippen molar-refractivity contribution in [3.63, 3.8) is 0 Å². The molecule has 0 spiro atoms. The topological polar surface area (TPSA) is 79.0 Å². The van der Waals surface area contributed by atoms with Crippen LogP contribution in [0.2, 0.25) is 0 Å². The highest BCUT2D eigenvalue weighted by Crippen LogP contribution is 2.24. The highest BCUT2D eigenvalue weighted by molar-refractivity contribution is 7.89. The van der Waals surface area contributed by atoms with Crippen LogP contribution in [0.1, 0.15) is 6.92 Å². The highest BCUT2D eigenvalue weighted by atomic mass is 32.2. The van der Waals surface area contributed by atoms with Gasteiger partial charge in [0.1, 0.15) is 5.75 Å². The minimum absolute atomic E-state index is 0.149. The molecule has 3 rings (SSSR count). The van der Waals surface area contributed by atoms with Crippen molar-refractivity contribution < 1.29 is 17.9 Å². The number of ether oxygens (including phenoxy) is 1. The average Bonchev–Trinajstić information content (AvgIpc) is 2.74. The molecular weight excluding hydrogens is 378 g/mol. The van der Waals surface area contributed by atoms with Crippen LogP contribution in [-0.2, 0) is 14.8 Å². The fraction of sp³-hybridized carbons (Fsp3) is 0.350. The van der Waals surface area contributed by atoms with E-state index in [2.05, 4.69) is 5.32 Å². The first-order chi connectivity index (χ1) is 13.4. The first kappa shape index (κ1) is 20.3. The molecule has 0 aromatic heterocycles. The predicted octanol–water partition coefficient (Wildman–Crippen LogP) is 2.03. The summed E-state index contributed by atoms with van der Waals surface area (Å²) in [5.74, 6) is 0.450. The minimum Gasteiger partial charge on any atom is -0.495 e. The number of hydrogen-bond donors (Lipinski definition) is 1. The van der Waals surface area contributed by atoms with E-state index >= 15 is 0 Å². The van der Waals surface area contributed by atoms with E-state index in [1.807, 2.05) is 24.0 Å². The third kappa shape index (κ3) is 4.35. The fourth-order valence-electron chi connectivity index (χ4n) is 3.22. The van der Waals surface area contributed by atoms with Crippen molar-refractivity contribution in [3.05, 3.63) is 54.6 Å². The van der Waals surface area contributed by atoms with Crippen molar-refractivity contribution in [2.24, 2.45) is 0 Å². The zero-order valence-corrected chi connectivity index (χ0v) is 16.9. The Hall–Kier alpha value is -2.42. The van der Waals surface area contributed by atoms with Crippen LogP contribution in [0.5, 0.6) is 5.75 Å². The van der Waals surface area contributed by atoms with Gasteiger partial charge in [-0.3, -0.25) is 9.69 Å². The lowest BCUT2D eigenvalue weighted by molar-refractivity contribution is -0.121. The largest absolute Gasteiger partial charge is 0.495 e. The number of carbonyl (C=O) groups is 1. The molecule has 1 amide bonds. The second-order valence-electron chi connectivity index (χ2n) is 6.62. The molecule has 1 saturated heterocycles. The number of piperazine rings is 1. The molecule has 1 heterocycles. The molecule has 2 aromatic carbocycles. The van der Waals surface area contributed by atoms with E-state index in [0.29, 0.717) is 42.5 Å². The number of amides is 1. The number of anilines is 1. The van der Waals surface area contributed by atoms with Gasteiger partial charge >= 0.3 is 0 Å². The van der Waals surface area contributed by atoms with Crippen molar-refractivity contribution in [1.29, 1.82) is 0 Å². The molecule has 7 nitrogen and oxygen atoms in total. The molecule has 1 aliphatic rings. The van der Waals surface area contributed by atoms with E-state index in [4.69, 9.17) is 4.74 Å². The van der Waals surface area contributed by atoms with Gasteiger partial charge in [-0.25, -0.2) is 8.42 Å². The van der Waals surface area contributed by atoms with E-state index < -0.39 is 10.0 Å². The Kier molecular flexibility index (Phi) is 6.33. The van der Waals surface area contributed by atoms with Crippen LogP contribution in [0.4, 0.5) is 5.69 Å². The quantitative estimate of drug-likeness (QED) is 0.798. The molecule has 0 radical (unpaired) electrons. The summed E-state index contributed by atoms with van der Waals surface area (Å²) < 4.78 is 32.2. The van der Waals surface area contributed by atoms with Crippen LogP contribution < -0.4 is 10.1 Å². The van der Waals surface area contributed by atoms with Crippen LogP contribution in [0.3, 0.4) is 0 Å². The number of nitrogens with zero attached hydrogens (tertiary/aromatic N) is 2. The second kappa shape index (κ2) is 8.72. The highest BCUT2D eigenvalue weighted by Gasteiger charge is 2.31. The molecule has 1 aliphatic heterocycles. The van der Waals surface area contributed by atoms with E-state index in [0.717, 1.165) is 0 Å². The van der Waals surface area contributed by atoms with Gasteiger partial charge in [-0.05, 0) is 31.2 Å². The Morgan fingerprint density at radius 3 is 2.25 bits per heavy atom. The molecule has 1 atom stereocenters. The summed E-state index contributed by atoms with van der Waals surface area (Å²) >= 11 is 0. The smallest absolute Gasteiger partial charge is 0.243 e. The Balaban J connectivity index is 1.60. The first-order valence-corrected chi connectivity index (χ1v) is 10.6. The summed E-state index contributed by atoms with van der Waals surface area (Å²) in [5.41, 5.74) is 0.618. The third-order valence-electron chi connectivity index (χ3n) is 4.95. The minimum atomic E-state index is -3.50. The van der Waals surface area contributed by atoms with Crippen LogP contribution in [0.25, 0.3) is 0 Å². The molecule has 150 valence electrons. The average molecular weight is 404 g/mol. The molecule has 0 aliphatic carbocycles. The van der Waals surface area contributed by atoms with Gasteiger partial charge in [0, 0.05) is 26.2 Å². The van der Waals surface area contributed by atoms with Crippen LogP contribution >= 0.6 is 0 Å². The van der Waals surface area contributed by atoms with Gasteiger partial charge in [-0.1, -0.05) is 30.3 Å². The number of benzene rings is 2. The summed E-state index contributed by atoms with van der Waals surface area (Å²) in [6.45, 7) is 3.51.